The van der Waals surface area contributed by atoms with Gasteiger partial charge in [-0.3, -0.25) is 9.59 Å². The maximum Gasteiger partial charge on any atom is 0.408 e. The Balaban J connectivity index is 4.13. The van der Waals surface area contributed by atoms with Crippen molar-refractivity contribution in [3.05, 3.63) is 0 Å². The number of carboxylic acids is 1. The Morgan fingerprint density at radius 1 is 1.47 bits per heavy atom. The molecule has 1 radical (unpaired) electrons. The van der Waals surface area contributed by atoms with Gasteiger partial charge in [0.1, 0.15) is 11.6 Å². The summed E-state index contributed by atoms with van der Waals surface area (Å²) in [5.41, 5.74) is -0.694. The Hall–Kier alpha value is -1.59. The largest absolute Gasteiger partial charge is 0.481 e. The van der Waals surface area contributed by atoms with Crippen LogP contribution in [0.5, 0.6) is 0 Å². The Bertz CT molecular complexity index is 256. The fourth-order valence-electron chi connectivity index (χ4n) is 0.747. The van der Waals surface area contributed by atoms with E-state index >= 15 is 0 Å². The first-order valence-corrected chi connectivity index (χ1v) is 4.33. The van der Waals surface area contributed by atoms with Gasteiger partial charge in [0.15, 0.2) is 0 Å². The lowest BCUT2D eigenvalue weighted by Crippen LogP contribution is -2.41. The lowest BCUT2D eigenvalue weighted by atomic mass is 10.2. The van der Waals surface area contributed by atoms with Crippen LogP contribution in [-0.2, 0) is 14.3 Å². The van der Waals surface area contributed by atoms with Crippen LogP contribution in [-0.4, -0.2) is 35.1 Å². The van der Waals surface area contributed by atoms with E-state index in [9.17, 15) is 14.4 Å². The maximum absolute atomic E-state index is 11.1. The van der Waals surface area contributed by atoms with Crippen molar-refractivity contribution in [1.82, 2.24) is 5.32 Å². The standard InChI is InChI=1S/C9H14NO5/c1-9(2,3)15-8(14)10-6(5-11)4-7(12)13/h6H,4H2,1-3H3,(H,10,14)(H,12,13)/t6-/m0/s1. The second-order valence-electron chi connectivity index (χ2n) is 3.91. The summed E-state index contributed by atoms with van der Waals surface area (Å²) in [5, 5.41) is 10.5. The molecule has 0 bridgehead atoms. The van der Waals surface area contributed by atoms with Gasteiger partial charge in [-0.1, -0.05) is 0 Å². The Morgan fingerprint density at radius 3 is 2.33 bits per heavy atom. The van der Waals surface area contributed by atoms with Gasteiger partial charge in [0.25, 0.3) is 0 Å². The lowest BCUT2D eigenvalue weighted by Gasteiger charge is -2.20. The van der Waals surface area contributed by atoms with Crippen molar-refractivity contribution in [2.45, 2.75) is 38.8 Å². The van der Waals surface area contributed by atoms with E-state index in [1.807, 2.05) is 0 Å². The summed E-state index contributed by atoms with van der Waals surface area (Å²) >= 11 is 0. The van der Waals surface area contributed by atoms with Gasteiger partial charge in [-0.25, -0.2) is 4.79 Å². The molecular weight excluding hydrogens is 202 g/mol. The van der Waals surface area contributed by atoms with Crippen molar-refractivity contribution in [3.8, 4) is 0 Å². The molecule has 1 amide bonds. The van der Waals surface area contributed by atoms with E-state index in [1.54, 1.807) is 20.8 Å². The number of aliphatic carboxylic acids is 1. The number of alkyl carbamates (subject to hydrolysis) is 1. The van der Waals surface area contributed by atoms with Gasteiger partial charge in [-0.05, 0) is 20.8 Å². The molecule has 0 aromatic rings. The molecule has 0 aromatic carbocycles. The van der Waals surface area contributed by atoms with Gasteiger partial charge in [-0.15, -0.1) is 0 Å². The van der Waals surface area contributed by atoms with E-state index in [4.69, 9.17) is 9.84 Å². The van der Waals surface area contributed by atoms with Gasteiger partial charge >= 0.3 is 12.1 Å². The lowest BCUT2D eigenvalue weighted by molar-refractivity contribution is -0.137. The minimum absolute atomic E-state index is 0.511. The quantitative estimate of drug-likeness (QED) is 0.712. The molecule has 15 heavy (non-hydrogen) atoms. The van der Waals surface area contributed by atoms with Crippen LogP contribution in [0.1, 0.15) is 27.2 Å². The first kappa shape index (κ1) is 13.4. The number of carbonyl (C=O) groups excluding carboxylic acids is 2. The molecule has 85 valence electrons. The molecule has 0 aliphatic rings. The molecule has 1 atom stereocenters. The van der Waals surface area contributed by atoms with Crippen molar-refractivity contribution < 1.29 is 24.2 Å². The first-order valence-electron chi connectivity index (χ1n) is 4.33. The van der Waals surface area contributed by atoms with E-state index in [2.05, 4.69) is 5.32 Å². The summed E-state index contributed by atoms with van der Waals surface area (Å²) in [7, 11) is 0. The van der Waals surface area contributed by atoms with Crippen molar-refractivity contribution in [1.29, 1.82) is 0 Å². The molecule has 0 unspecified atom stereocenters. The smallest absolute Gasteiger partial charge is 0.408 e. The first-order chi connectivity index (χ1) is 6.74. The van der Waals surface area contributed by atoms with Crippen LogP contribution in [0.4, 0.5) is 4.79 Å². The summed E-state index contributed by atoms with van der Waals surface area (Å²) in [4.78, 5) is 31.7. The third kappa shape index (κ3) is 7.48. The molecule has 0 saturated heterocycles. The molecule has 2 N–H and O–H groups in total. The van der Waals surface area contributed by atoms with Gasteiger partial charge in [0.05, 0.1) is 6.42 Å². The average Bonchev–Trinajstić information content (AvgIpc) is 1.98. The van der Waals surface area contributed by atoms with Crippen LogP contribution in [0, 0.1) is 0 Å². The summed E-state index contributed by atoms with van der Waals surface area (Å²) < 4.78 is 4.83. The number of carboxylic acid groups (broad SMARTS) is 1. The van der Waals surface area contributed by atoms with Crippen LogP contribution in [0.25, 0.3) is 0 Å². The Labute approximate surface area is 87.6 Å². The number of ether oxygens (including phenoxy) is 1. The molecule has 6 nitrogen and oxygen atoms in total. The molecule has 0 spiro atoms. The zero-order valence-corrected chi connectivity index (χ0v) is 8.86. The van der Waals surface area contributed by atoms with E-state index in [1.165, 1.54) is 6.29 Å². The molecule has 0 aliphatic carbocycles. The highest BCUT2D eigenvalue weighted by molar-refractivity contribution is 5.79. The second kappa shape index (κ2) is 5.33. The molecule has 0 saturated carbocycles. The highest BCUT2D eigenvalue weighted by Crippen LogP contribution is 2.06. The summed E-state index contributed by atoms with van der Waals surface area (Å²) in [6.07, 6.45) is 0.0601. The monoisotopic (exact) mass is 216 g/mol. The average molecular weight is 216 g/mol. The molecule has 0 aromatic heterocycles. The molecule has 0 rings (SSSR count). The van der Waals surface area contributed by atoms with Crippen LogP contribution in [0.3, 0.4) is 0 Å². The fourth-order valence-corrected chi connectivity index (χ4v) is 0.747. The molecule has 0 aliphatic heterocycles. The van der Waals surface area contributed by atoms with Crippen molar-refractivity contribution >= 4 is 18.3 Å². The topological polar surface area (TPSA) is 92.7 Å². The van der Waals surface area contributed by atoms with Crippen LogP contribution in [0.2, 0.25) is 0 Å². The number of carbonyl (C=O) groups is 2. The van der Waals surface area contributed by atoms with Gasteiger partial charge in [0.2, 0.25) is 6.29 Å². The normalized spacial score (nSPS) is 12.7. The third-order valence-corrected chi connectivity index (χ3v) is 1.21. The van der Waals surface area contributed by atoms with Crippen LogP contribution < -0.4 is 5.32 Å². The zero-order valence-electron chi connectivity index (χ0n) is 8.86. The summed E-state index contributed by atoms with van der Waals surface area (Å²) in [5.74, 6) is -1.19. The number of hydrogen-bond donors (Lipinski definition) is 2. The number of nitrogens with one attached hydrogen (secondary N) is 1. The molecule has 0 fully saturated rings. The summed E-state index contributed by atoms with van der Waals surface area (Å²) in [6.45, 7) is 4.97. The minimum Gasteiger partial charge on any atom is -0.481 e. The number of amides is 1. The zero-order chi connectivity index (χ0) is 12.1. The SMILES string of the molecule is CC(C)(C)OC(=O)N[C@H]([C]=O)CC(=O)O. The number of rotatable bonds is 4. The predicted molar refractivity (Wildman–Crippen MR) is 51.1 cm³/mol. The molecular formula is C9H14NO5. The van der Waals surface area contributed by atoms with E-state index in [-0.39, 0.29) is 0 Å². The number of hydrogen-bond acceptors (Lipinski definition) is 4. The summed E-state index contributed by atoms with van der Waals surface area (Å²) in [6, 6.07) is -1.18. The van der Waals surface area contributed by atoms with Crippen molar-refractivity contribution in [2.75, 3.05) is 0 Å². The molecule has 0 heterocycles. The predicted octanol–water partition coefficient (Wildman–Crippen LogP) is 0.464. The van der Waals surface area contributed by atoms with Crippen molar-refractivity contribution in [2.24, 2.45) is 0 Å². The van der Waals surface area contributed by atoms with E-state index in [0.29, 0.717) is 0 Å². The van der Waals surface area contributed by atoms with Gasteiger partial charge < -0.3 is 15.2 Å². The highest BCUT2D eigenvalue weighted by atomic mass is 16.6. The van der Waals surface area contributed by atoms with Crippen molar-refractivity contribution in [3.63, 3.8) is 0 Å². The van der Waals surface area contributed by atoms with E-state index in [0.717, 1.165) is 0 Å². The maximum atomic E-state index is 11.1. The highest BCUT2D eigenvalue weighted by Gasteiger charge is 2.21. The second-order valence-corrected chi connectivity index (χ2v) is 3.91. The van der Waals surface area contributed by atoms with E-state index < -0.39 is 30.1 Å². The van der Waals surface area contributed by atoms with Gasteiger partial charge in [-0.2, -0.15) is 0 Å². The third-order valence-electron chi connectivity index (χ3n) is 1.21. The Kier molecular flexibility index (Phi) is 4.77. The van der Waals surface area contributed by atoms with Crippen LogP contribution >= 0.6 is 0 Å². The Morgan fingerprint density at radius 2 is 2.00 bits per heavy atom. The fraction of sp³-hybridized carbons (Fsp3) is 0.667. The molecule has 6 heteroatoms. The minimum atomic E-state index is -1.19. The van der Waals surface area contributed by atoms with Crippen LogP contribution in [0.15, 0.2) is 0 Å². The van der Waals surface area contributed by atoms with Gasteiger partial charge in [0, 0.05) is 0 Å².